The number of hydrogen-bond acceptors (Lipinski definition) is 6. The third kappa shape index (κ3) is 3.28. The van der Waals surface area contributed by atoms with E-state index < -0.39 is 5.91 Å². The lowest BCUT2D eigenvalue weighted by Gasteiger charge is -2.12. The Morgan fingerprint density at radius 1 is 1.29 bits per heavy atom. The first-order valence-corrected chi connectivity index (χ1v) is 8.18. The van der Waals surface area contributed by atoms with Crippen molar-refractivity contribution in [2.24, 2.45) is 0 Å². The first kappa shape index (κ1) is 16.1. The molecule has 1 aliphatic rings. The Labute approximate surface area is 142 Å². The van der Waals surface area contributed by atoms with Crippen LogP contribution in [0.1, 0.15) is 12.8 Å². The molecule has 1 fully saturated rings. The van der Waals surface area contributed by atoms with Gasteiger partial charge in [-0.3, -0.25) is 19.3 Å². The summed E-state index contributed by atoms with van der Waals surface area (Å²) < 4.78 is 5.30. The summed E-state index contributed by atoms with van der Waals surface area (Å²) in [5, 5.41) is 4.83. The summed E-state index contributed by atoms with van der Waals surface area (Å²) in [7, 11) is 1.58. The molecule has 0 bridgehead atoms. The fourth-order valence-corrected chi connectivity index (χ4v) is 3.14. The van der Waals surface area contributed by atoms with Crippen molar-refractivity contribution in [1.82, 2.24) is 9.88 Å². The predicted molar refractivity (Wildman–Crippen MR) is 88.7 cm³/mol. The van der Waals surface area contributed by atoms with E-state index in [2.05, 4.69) is 10.3 Å². The number of methoxy groups -OCH3 is 1. The molecule has 2 aromatic rings. The molecular weight excluding hydrogens is 330 g/mol. The molecule has 0 aliphatic carbocycles. The molecule has 3 rings (SSSR count). The van der Waals surface area contributed by atoms with Crippen LogP contribution in [0.2, 0.25) is 0 Å². The number of amides is 3. The smallest absolute Gasteiger partial charge is 0.246 e. The molecule has 0 radical (unpaired) electrons. The summed E-state index contributed by atoms with van der Waals surface area (Å²) >= 11 is 1.26. The van der Waals surface area contributed by atoms with Crippen molar-refractivity contribution in [2.75, 3.05) is 19.0 Å². The van der Waals surface area contributed by atoms with Gasteiger partial charge in [-0.25, -0.2) is 4.98 Å². The number of hydrogen-bond donors (Lipinski definition) is 1. The Morgan fingerprint density at radius 2 is 2.00 bits per heavy atom. The lowest BCUT2D eigenvalue weighted by Crippen LogP contribution is -2.36. The molecule has 1 aromatic carbocycles. The van der Waals surface area contributed by atoms with Gasteiger partial charge in [-0.15, -0.1) is 11.3 Å². The number of carbonyl (C=O) groups is 3. The molecule has 24 heavy (non-hydrogen) atoms. The van der Waals surface area contributed by atoms with Crippen molar-refractivity contribution < 1.29 is 19.1 Å². The summed E-state index contributed by atoms with van der Waals surface area (Å²) in [6.07, 6.45) is 0.336. The summed E-state index contributed by atoms with van der Waals surface area (Å²) in [4.78, 5) is 40.4. The van der Waals surface area contributed by atoms with Crippen molar-refractivity contribution in [2.45, 2.75) is 12.8 Å². The number of benzene rings is 1. The van der Waals surface area contributed by atoms with Crippen molar-refractivity contribution in [3.8, 4) is 17.0 Å². The maximum atomic E-state index is 12.0. The minimum atomic E-state index is -0.445. The number of aromatic nitrogens is 1. The van der Waals surface area contributed by atoms with Crippen LogP contribution in [0.5, 0.6) is 5.75 Å². The molecular formula is C16H15N3O4S. The highest BCUT2D eigenvalue weighted by molar-refractivity contribution is 7.14. The number of carbonyl (C=O) groups excluding carboxylic acids is 3. The summed E-state index contributed by atoms with van der Waals surface area (Å²) in [5.74, 6) is -0.388. The molecule has 1 aliphatic heterocycles. The number of nitrogens with one attached hydrogen (secondary N) is 1. The van der Waals surface area contributed by atoms with E-state index in [9.17, 15) is 14.4 Å². The minimum absolute atomic E-state index is 0.168. The summed E-state index contributed by atoms with van der Waals surface area (Å²) in [6, 6.07) is 7.44. The molecule has 0 saturated carbocycles. The van der Waals surface area contributed by atoms with E-state index in [1.165, 1.54) is 11.3 Å². The highest BCUT2D eigenvalue weighted by Gasteiger charge is 2.30. The summed E-state index contributed by atoms with van der Waals surface area (Å²) in [6.45, 7) is -0.277. The number of imide groups is 1. The fraction of sp³-hybridized carbons (Fsp3) is 0.250. The minimum Gasteiger partial charge on any atom is -0.496 e. The van der Waals surface area contributed by atoms with Gasteiger partial charge in [-0.05, 0) is 12.1 Å². The van der Waals surface area contributed by atoms with Gasteiger partial charge >= 0.3 is 0 Å². The van der Waals surface area contributed by atoms with E-state index in [0.717, 1.165) is 10.5 Å². The van der Waals surface area contributed by atoms with Crippen LogP contribution in [0.4, 0.5) is 5.13 Å². The normalized spacial score (nSPS) is 14.1. The van der Waals surface area contributed by atoms with Crippen molar-refractivity contribution >= 4 is 34.2 Å². The molecule has 0 atom stereocenters. The lowest BCUT2D eigenvalue weighted by molar-refractivity contribution is -0.141. The van der Waals surface area contributed by atoms with Crippen LogP contribution in [0, 0.1) is 0 Å². The number of likely N-dealkylation sites (tertiary alicyclic amines) is 1. The standard InChI is InChI=1S/C16H15N3O4S/c1-23-12-5-3-2-4-10(12)11-9-24-16(17-11)18-13(20)8-19-14(21)6-7-15(19)22/h2-5,9H,6-8H2,1H3,(H,17,18,20). The van der Waals surface area contributed by atoms with Crippen molar-refractivity contribution in [1.29, 1.82) is 0 Å². The average Bonchev–Trinajstić information content (AvgIpc) is 3.16. The number of rotatable bonds is 5. The molecule has 7 nitrogen and oxygen atoms in total. The van der Waals surface area contributed by atoms with Crippen LogP contribution in [0.3, 0.4) is 0 Å². The van der Waals surface area contributed by atoms with Gasteiger partial charge in [0.05, 0.1) is 12.8 Å². The van der Waals surface area contributed by atoms with Gasteiger partial charge in [-0.1, -0.05) is 12.1 Å². The van der Waals surface area contributed by atoms with Gasteiger partial charge in [0.25, 0.3) is 0 Å². The Hall–Kier alpha value is -2.74. The summed E-state index contributed by atoms with van der Waals surface area (Å²) in [5.41, 5.74) is 1.50. The second kappa shape index (κ2) is 6.79. The molecule has 8 heteroatoms. The van der Waals surface area contributed by atoms with E-state index in [4.69, 9.17) is 4.74 Å². The van der Waals surface area contributed by atoms with Crippen LogP contribution in [-0.4, -0.2) is 41.3 Å². The number of thiazole rings is 1. The Balaban J connectivity index is 1.69. The second-order valence-electron chi connectivity index (χ2n) is 5.16. The largest absolute Gasteiger partial charge is 0.496 e. The van der Waals surface area contributed by atoms with Gasteiger partial charge in [0.15, 0.2) is 5.13 Å². The molecule has 0 spiro atoms. The van der Waals surface area contributed by atoms with Gasteiger partial charge < -0.3 is 10.1 Å². The highest BCUT2D eigenvalue weighted by Crippen LogP contribution is 2.31. The van der Waals surface area contributed by atoms with Crippen LogP contribution in [-0.2, 0) is 14.4 Å². The number of anilines is 1. The van der Waals surface area contributed by atoms with Crippen molar-refractivity contribution in [3.63, 3.8) is 0 Å². The average molecular weight is 345 g/mol. The Morgan fingerprint density at radius 3 is 2.71 bits per heavy atom. The van der Waals surface area contributed by atoms with Crippen LogP contribution in [0.25, 0.3) is 11.3 Å². The third-order valence-electron chi connectivity index (χ3n) is 3.59. The molecule has 1 saturated heterocycles. The Bertz CT molecular complexity index is 786. The zero-order chi connectivity index (χ0) is 17.1. The van der Waals surface area contributed by atoms with Crippen LogP contribution in [0.15, 0.2) is 29.6 Å². The number of nitrogens with zero attached hydrogens (tertiary/aromatic N) is 2. The van der Waals surface area contributed by atoms with E-state index in [-0.39, 0.29) is 31.2 Å². The number of ether oxygens (including phenoxy) is 1. The zero-order valence-corrected chi connectivity index (χ0v) is 13.8. The molecule has 3 amide bonds. The maximum absolute atomic E-state index is 12.0. The van der Waals surface area contributed by atoms with E-state index in [0.29, 0.717) is 16.6 Å². The van der Waals surface area contributed by atoms with E-state index in [1.807, 2.05) is 24.3 Å². The first-order chi connectivity index (χ1) is 11.6. The third-order valence-corrected chi connectivity index (χ3v) is 4.35. The number of para-hydroxylation sites is 1. The van der Waals surface area contributed by atoms with E-state index in [1.54, 1.807) is 12.5 Å². The van der Waals surface area contributed by atoms with Gasteiger partial charge in [0.1, 0.15) is 12.3 Å². The van der Waals surface area contributed by atoms with Gasteiger partial charge in [0, 0.05) is 23.8 Å². The van der Waals surface area contributed by atoms with Gasteiger partial charge in [-0.2, -0.15) is 0 Å². The highest BCUT2D eigenvalue weighted by atomic mass is 32.1. The van der Waals surface area contributed by atoms with Gasteiger partial charge in [0.2, 0.25) is 17.7 Å². The predicted octanol–water partition coefficient (Wildman–Crippen LogP) is 1.91. The second-order valence-corrected chi connectivity index (χ2v) is 6.02. The molecule has 2 heterocycles. The molecule has 1 aromatic heterocycles. The van der Waals surface area contributed by atoms with Crippen LogP contribution >= 0.6 is 11.3 Å². The SMILES string of the molecule is COc1ccccc1-c1csc(NC(=O)CN2C(=O)CCC2=O)n1. The lowest BCUT2D eigenvalue weighted by atomic mass is 10.1. The molecule has 0 unspecified atom stereocenters. The fourth-order valence-electron chi connectivity index (χ4n) is 2.41. The Kier molecular flexibility index (Phi) is 4.57. The van der Waals surface area contributed by atoms with Crippen molar-refractivity contribution in [3.05, 3.63) is 29.6 Å². The topological polar surface area (TPSA) is 88.6 Å². The maximum Gasteiger partial charge on any atom is 0.246 e. The zero-order valence-electron chi connectivity index (χ0n) is 12.9. The van der Waals surface area contributed by atoms with E-state index >= 15 is 0 Å². The molecule has 1 N–H and O–H groups in total. The van der Waals surface area contributed by atoms with Crippen LogP contribution < -0.4 is 10.1 Å². The first-order valence-electron chi connectivity index (χ1n) is 7.30. The monoisotopic (exact) mass is 345 g/mol. The molecule has 124 valence electrons. The quantitative estimate of drug-likeness (QED) is 0.836.